The van der Waals surface area contributed by atoms with Gasteiger partial charge in [-0.15, -0.1) is 0 Å². The van der Waals surface area contributed by atoms with E-state index >= 15 is 0 Å². The molecule has 0 aliphatic heterocycles. The number of carbonyl (C=O) groups excluding carboxylic acids is 1. The molecule has 2 aromatic rings. The molecule has 0 spiro atoms. The largest absolute Gasteiger partial charge is 0.434 e. The van der Waals surface area contributed by atoms with Crippen molar-refractivity contribution in [3.8, 4) is 5.69 Å². The molecule has 1 aromatic carbocycles. The van der Waals surface area contributed by atoms with Crippen LogP contribution >= 0.6 is 11.6 Å². The highest BCUT2D eigenvalue weighted by Gasteiger charge is 2.40. The number of alkyl halides is 3. The van der Waals surface area contributed by atoms with Crippen LogP contribution in [-0.2, 0) is 6.18 Å². The van der Waals surface area contributed by atoms with Crippen LogP contribution in [0.2, 0.25) is 5.02 Å². The van der Waals surface area contributed by atoms with Crippen LogP contribution in [0.4, 0.5) is 13.2 Å². The Bertz CT molecular complexity index is 698. The molecule has 1 aromatic heterocycles. The summed E-state index contributed by atoms with van der Waals surface area (Å²) in [4.78, 5) is 12.1. The fourth-order valence-corrected chi connectivity index (χ4v) is 2.23. The Morgan fingerprint density at radius 2 is 1.92 bits per heavy atom. The number of nitrogens with one attached hydrogen (secondary N) is 2. The summed E-state index contributed by atoms with van der Waals surface area (Å²) >= 11 is 5.75. The minimum Gasteiger partial charge on any atom is -0.351 e. The van der Waals surface area contributed by atoms with E-state index in [-0.39, 0.29) is 12.2 Å². The first-order valence-corrected chi connectivity index (χ1v) is 7.62. The summed E-state index contributed by atoms with van der Waals surface area (Å²) < 4.78 is 41.0. The Morgan fingerprint density at radius 3 is 2.50 bits per heavy atom. The maximum Gasteiger partial charge on any atom is 0.434 e. The Hall–Kier alpha value is -2.06. The molecule has 2 rings (SSSR count). The van der Waals surface area contributed by atoms with Gasteiger partial charge in [0.15, 0.2) is 5.69 Å². The standard InChI is InChI=1S/C15H16ClF3N4O/c1-2-20-7-8-21-14(24)12-9-22-23(13(12)15(17,18)19)11-5-3-10(16)4-6-11/h3-6,9,20H,2,7-8H2,1H3,(H,21,24). The molecule has 0 radical (unpaired) electrons. The number of aromatic nitrogens is 2. The van der Waals surface area contributed by atoms with E-state index in [0.29, 0.717) is 22.8 Å². The average Bonchev–Trinajstić information content (AvgIpc) is 2.97. The predicted octanol–water partition coefficient (Wildman–Crippen LogP) is 2.88. The first-order chi connectivity index (χ1) is 11.3. The van der Waals surface area contributed by atoms with Crippen LogP contribution in [-0.4, -0.2) is 35.3 Å². The molecule has 2 N–H and O–H groups in total. The van der Waals surface area contributed by atoms with Crippen molar-refractivity contribution < 1.29 is 18.0 Å². The van der Waals surface area contributed by atoms with Gasteiger partial charge in [0.05, 0.1) is 17.4 Å². The zero-order valence-corrected chi connectivity index (χ0v) is 13.6. The topological polar surface area (TPSA) is 58.9 Å². The molecule has 0 saturated carbocycles. The molecule has 1 amide bonds. The molecule has 130 valence electrons. The lowest BCUT2D eigenvalue weighted by Crippen LogP contribution is -2.32. The number of nitrogens with zero attached hydrogens (tertiary/aromatic N) is 2. The Morgan fingerprint density at radius 1 is 1.25 bits per heavy atom. The van der Waals surface area contributed by atoms with E-state index in [1.165, 1.54) is 24.3 Å². The lowest BCUT2D eigenvalue weighted by atomic mass is 10.2. The maximum absolute atomic E-state index is 13.4. The smallest absolute Gasteiger partial charge is 0.351 e. The number of hydrogen-bond acceptors (Lipinski definition) is 3. The lowest BCUT2D eigenvalue weighted by Gasteiger charge is -2.13. The van der Waals surface area contributed by atoms with Crippen molar-refractivity contribution in [1.82, 2.24) is 20.4 Å². The number of likely N-dealkylation sites (N-methyl/N-ethyl adjacent to an activating group) is 1. The van der Waals surface area contributed by atoms with Gasteiger partial charge >= 0.3 is 6.18 Å². The van der Waals surface area contributed by atoms with Crippen LogP contribution in [0, 0.1) is 0 Å². The molecular weight excluding hydrogens is 345 g/mol. The summed E-state index contributed by atoms with van der Waals surface area (Å²) in [5, 5.41) is 9.53. The van der Waals surface area contributed by atoms with Crippen molar-refractivity contribution in [1.29, 1.82) is 0 Å². The number of benzene rings is 1. The number of amides is 1. The Balaban J connectivity index is 2.33. The van der Waals surface area contributed by atoms with Gasteiger partial charge in [-0.25, -0.2) is 4.68 Å². The van der Waals surface area contributed by atoms with Crippen molar-refractivity contribution in [3.05, 3.63) is 46.7 Å². The molecule has 0 aliphatic rings. The second kappa shape index (κ2) is 7.67. The summed E-state index contributed by atoms with van der Waals surface area (Å²) in [5.74, 6) is -0.819. The first kappa shape index (κ1) is 18.3. The zero-order chi connectivity index (χ0) is 17.7. The number of carbonyl (C=O) groups is 1. The fraction of sp³-hybridized carbons (Fsp3) is 0.333. The number of rotatable bonds is 6. The monoisotopic (exact) mass is 360 g/mol. The van der Waals surface area contributed by atoms with E-state index in [9.17, 15) is 18.0 Å². The summed E-state index contributed by atoms with van der Waals surface area (Å²) in [5.41, 5.74) is -1.47. The molecule has 0 aliphatic carbocycles. The third kappa shape index (κ3) is 4.27. The van der Waals surface area contributed by atoms with Crippen LogP contribution in [0.15, 0.2) is 30.5 Å². The number of hydrogen-bond donors (Lipinski definition) is 2. The highest BCUT2D eigenvalue weighted by atomic mass is 35.5. The third-order valence-electron chi connectivity index (χ3n) is 3.19. The molecule has 9 heteroatoms. The normalized spacial score (nSPS) is 11.5. The summed E-state index contributed by atoms with van der Waals surface area (Å²) in [6.07, 6.45) is -3.81. The third-order valence-corrected chi connectivity index (χ3v) is 3.44. The van der Waals surface area contributed by atoms with Crippen molar-refractivity contribution in [2.75, 3.05) is 19.6 Å². The second-order valence-corrected chi connectivity index (χ2v) is 5.34. The lowest BCUT2D eigenvalue weighted by molar-refractivity contribution is -0.143. The minimum atomic E-state index is -4.73. The van der Waals surface area contributed by atoms with Crippen molar-refractivity contribution in [3.63, 3.8) is 0 Å². The quantitative estimate of drug-likeness (QED) is 0.779. The van der Waals surface area contributed by atoms with Crippen molar-refractivity contribution >= 4 is 17.5 Å². The molecule has 0 atom stereocenters. The van der Waals surface area contributed by atoms with Crippen LogP contribution in [0.1, 0.15) is 23.0 Å². The highest BCUT2D eigenvalue weighted by Crippen LogP contribution is 2.33. The second-order valence-electron chi connectivity index (χ2n) is 4.90. The van der Waals surface area contributed by atoms with Gasteiger partial charge in [-0.05, 0) is 30.8 Å². The van der Waals surface area contributed by atoms with Crippen molar-refractivity contribution in [2.24, 2.45) is 0 Å². The molecular formula is C15H16ClF3N4O. The van der Waals surface area contributed by atoms with Crippen LogP contribution < -0.4 is 10.6 Å². The molecule has 0 saturated heterocycles. The maximum atomic E-state index is 13.4. The van der Waals surface area contributed by atoms with Gasteiger partial charge in [0.25, 0.3) is 5.91 Å². The zero-order valence-electron chi connectivity index (χ0n) is 12.8. The van der Waals surface area contributed by atoms with Gasteiger partial charge < -0.3 is 10.6 Å². The van der Waals surface area contributed by atoms with Gasteiger partial charge in [-0.3, -0.25) is 4.79 Å². The van der Waals surface area contributed by atoms with E-state index < -0.39 is 23.3 Å². The molecule has 0 fully saturated rings. The van der Waals surface area contributed by atoms with Crippen molar-refractivity contribution in [2.45, 2.75) is 13.1 Å². The molecule has 1 heterocycles. The SMILES string of the molecule is CCNCCNC(=O)c1cnn(-c2ccc(Cl)cc2)c1C(F)(F)F. The molecule has 5 nitrogen and oxygen atoms in total. The van der Waals surface area contributed by atoms with Gasteiger partial charge in [0.1, 0.15) is 0 Å². The van der Waals surface area contributed by atoms with Crippen LogP contribution in [0.5, 0.6) is 0 Å². The van der Waals surface area contributed by atoms with Gasteiger partial charge in [-0.1, -0.05) is 18.5 Å². The Labute approximate surface area is 141 Å². The average molecular weight is 361 g/mol. The van der Waals surface area contributed by atoms with Crippen LogP contribution in [0.3, 0.4) is 0 Å². The fourth-order valence-electron chi connectivity index (χ4n) is 2.10. The summed E-state index contributed by atoms with van der Waals surface area (Å²) in [6.45, 7) is 3.28. The van der Waals surface area contributed by atoms with E-state index in [2.05, 4.69) is 15.7 Å². The van der Waals surface area contributed by atoms with E-state index in [1.54, 1.807) is 0 Å². The van der Waals surface area contributed by atoms with Gasteiger partial charge in [-0.2, -0.15) is 18.3 Å². The minimum absolute atomic E-state index is 0.165. The Kier molecular flexibility index (Phi) is 5.84. The van der Waals surface area contributed by atoms with E-state index in [0.717, 1.165) is 6.20 Å². The summed E-state index contributed by atoms with van der Waals surface area (Å²) in [7, 11) is 0. The van der Waals surface area contributed by atoms with Gasteiger partial charge in [0, 0.05) is 18.1 Å². The number of halogens is 4. The highest BCUT2D eigenvalue weighted by molar-refractivity contribution is 6.30. The molecule has 0 bridgehead atoms. The van der Waals surface area contributed by atoms with Crippen LogP contribution in [0.25, 0.3) is 5.69 Å². The molecule has 0 unspecified atom stereocenters. The van der Waals surface area contributed by atoms with Gasteiger partial charge in [0.2, 0.25) is 0 Å². The molecule has 24 heavy (non-hydrogen) atoms. The predicted molar refractivity (Wildman–Crippen MR) is 84.5 cm³/mol. The summed E-state index contributed by atoms with van der Waals surface area (Å²) in [6, 6.07) is 5.71. The van der Waals surface area contributed by atoms with E-state index in [4.69, 9.17) is 11.6 Å². The first-order valence-electron chi connectivity index (χ1n) is 7.24. The van der Waals surface area contributed by atoms with E-state index in [1.807, 2.05) is 6.92 Å².